The third-order valence-corrected chi connectivity index (χ3v) is 11.0. The standard InChI is InChI=1S/C38H39N7O3/c1-19(2)34(44-38(47)48)37(46)45-32-15-27(32)16-33(45)36-40-18-31(43-36)25-10-9-23-11-22(7-8-24(23)12-25)20-3-5-21(6-4-20)30-17-39-35(42-30)29-14-26-13-28(26)41-29/h3-12,17-19,26-29,32-34,41,44H,13-16H2,1-2H3,(H,39,42)(H,40,43)(H,47,48)/t26-,27+,28+,29?,32+,33-,34-/m0/s1. The zero-order valence-corrected chi connectivity index (χ0v) is 27.0. The first-order valence-corrected chi connectivity index (χ1v) is 17.1. The molecule has 10 nitrogen and oxygen atoms in total. The Morgan fingerprint density at radius 1 is 0.792 bits per heavy atom. The fraction of sp³-hybridized carbons (Fsp3) is 0.368. The number of fused-ring (bicyclic) bond motifs is 3. The summed E-state index contributed by atoms with van der Waals surface area (Å²) in [4.78, 5) is 43.3. The van der Waals surface area contributed by atoms with E-state index in [0.717, 1.165) is 74.8 Å². The molecule has 9 rings (SSSR count). The van der Waals surface area contributed by atoms with Gasteiger partial charge in [-0.15, -0.1) is 0 Å². The molecule has 3 aromatic carbocycles. The number of H-pyrrole nitrogens is 2. The SMILES string of the molecule is CC(C)[C@H](NC(=O)O)C(=O)N1[C@@H]2C[C@@H]2C[C@H]1c1ncc(-c2ccc3cc(-c4ccc(-c5cnc(C6C[C@@H]7C[C@H]7N6)[nH]5)cc4)ccc3c2)[nH]1. The topological polar surface area (TPSA) is 139 Å². The molecule has 4 fully saturated rings. The Hall–Kier alpha value is -4.96. The molecule has 10 heteroatoms. The molecule has 244 valence electrons. The smallest absolute Gasteiger partial charge is 0.405 e. The second kappa shape index (κ2) is 11.1. The number of nitrogens with zero attached hydrogens (tertiary/aromatic N) is 3. The van der Waals surface area contributed by atoms with Gasteiger partial charge in [0.2, 0.25) is 5.91 Å². The molecule has 0 bridgehead atoms. The number of rotatable bonds is 8. The number of hydrogen-bond donors (Lipinski definition) is 5. The highest BCUT2D eigenvalue weighted by atomic mass is 16.4. The van der Waals surface area contributed by atoms with Crippen molar-refractivity contribution < 1.29 is 14.7 Å². The third kappa shape index (κ3) is 5.15. The van der Waals surface area contributed by atoms with Gasteiger partial charge in [0.15, 0.2) is 0 Å². The Morgan fingerprint density at radius 2 is 1.44 bits per heavy atom. The van der Waals surface area contributed by atoms with Crippen molar-refractivity contribution in [1.82, 2.24) is 35.5 Å². The van der Waals surface area contributed by atoms with Crippen LogP contribution in [-0.2, 0) is 4.79 Å². The van der Waals surface area contributed by atoms with E-state index in [-0.39, 0.29) is 23.9 Å². The Morgan fingerprint density at radius 3 is 2.15 bits per heavy atom. The van der Waals surface area contributed by atoms with Gasteiger partial charge in [0.1, 0.15) is 17.7 Å². The predicted octanol–water partition coefficient (Wildman–Crippen LogP) is 6.66. The van der Waals surface area contributed by atoms with Gasteiger partial charge in [0, 0.05) is 17.6 Å². The van der Waals surface area contributed by atoms with Crippen LogP contribution in [0.15, 0.2) is 73.1 Å². The number of imidazole rings is 2. The average molecular weight is 642 g/mol. The molecular formula is C38H39N7O3. The number of likely N-dealkylation sites (tertiary alicyclic amines) is 1. The first-order chi connectivity index (χ1) is 23.3. The summed E-state index contributed by atoms with van der Waals surface area (Å²) in [6.45, 7) is 3.73. The first kappa shape index (κ1) is 29.2. The second-order valence-corrected chi connectivity index (χ2v) is 14.5. The van der Waals surface area contributed by atoms with Crippen molar-refractivity contribution in [1.29, 1.82) is 0 Å². The van der Waals surface area contributed by atoms with Crippen LogP contribution in [0.2, 0.25) is 0 Å². The normalized spacial score (nSPS) is 26.0. The minimum absolute atomic E-state index is 0.154. The lowest BCUT2D eigenvalue weighted by Gasteiger charge is -2.31. The Balaban J connectivity index is 0.911. The van der Waals surface area contributed by atoms with Crippen molar-refractivity contribution in [2.45, 2.75) is 69.7 Å². The summed E-state index contributed by atoms with van der Waals surface area (Å²) in [5.74, 6) is 2.75. The maximum Gasteiger partial charge on any atom is 0.405 e. The third-order valence-electron chi connectivity index (χ3n) is 11.0. The number of aromatic amines is 2. The number of nitrogens with one attached hydrogen (secondary N) is 4. The van der Waals surface area contributed by atoms with E-state index in [4.69, 9.17) is 4.98 Å². The summed E-state index contributed by atoms with van der Waals surface area (Å²) >= 11 is 0. The lowest BCUT2D eigenvalue weighted by atomic mass is 9.98. The van der Waals surface area contributed by atoms with Crippen LogP contribution in [0.5, 0.6) is 0 Å². The predicted molar refractivity (Wildman–Crippen MR) is 183 cm³/mol. The van der Waals surface area contributed by atoms with Gasteiger partial charge >= 0.3 is 6.09 Å². The Labute approximate surface area is 278 Å². The molecule has 2 saturated heterocycles. The van der Waals surface area contributed by atoms with Gasteiger partial charge in [0.05, 0.1) is 35.9 Å². The van der Waals surface area contributed by atoms with Crippen molar-refractivity contribution in [2.24, 2.45) is 17.8 Å². The van der Waals surface area contributed by atoms with E-state index in [1.165, 1.54) is 12.8 Å². The summed E-state index contributed by atoms with van der Waals surface area (Å²) in [7, 11) is 0. The van der Waals surface area contributed by atoms with Crippen LogP contribution in [0.25, 0.3) is 44.4 Å². The molecule has 0 radical (unpaired) electrons. The highest BCUT2D eigenvalue weighted by Crippen LogP contribution is 2.53. The van der Waals surface area contributed by atoms with Crippen LogP contribution < -0.4 is 10.6 Å². The van der Waals surface area contributed by atoms with Crippen LogP contribution in [0.1, 0.15) is 63.3 Å². The molecular weight excluding hydrogens is 602 g/mol. The molecule has 0 spiro atoms. The van der Waals surface area contributed by atoms with E-state index in [1.54, 1.807) is 0 Å². The summed E-state index contributed by atoms with van der Waals surface area (Å²) in [6.07, 6.45) is 6.90. The van der Waals surface area contributed by atoms with Gasteiger partial charge in [-0.1, -0.05) is 62.4 Å². The van der Waals surface area contributed by atoms with Crippen LogP contribution in [0.3, 0.4) is 0 Å². The van der Waals surface area contributed by atoms with E-state index < -0.39 is 12.1 Å². The number of aromatic nitrogens is 4. The molecule has 1 unspecified atom stereocenters. The van der Waals surface area contributed by atoms with Crippen LogP contribution >= 0.6 is 0 Å². The van der Waals surface area contributed by atoms with E-state index >= 15 is 0 Å². The number of carbonyl (C=O) groups is 2. The second-order valence-electron chi connectivity index (χ2n) is 14.5. The zero-order valence-electron chi connectivity index (χ0n) is 27.0. The number of amides is 2. The Kier molecular flexibility index (Phi) is 6.72. The molecule has 5 aromatic rings. The molecule has 5 N–H and O–H groups in total. The maximum absolute atomic E-state index is 13.6. The summed E-state index contributed by atoms with van der Waals surface area (Å²) in [5.41, 5.74) is 6.41. The van der Waals surface area contributed by atoms with Crippen molar-refractivity contribution in [2.75, 3.05) is 0 Å². The molecule has 2 amide bonds. The molecule has 2 aliphatic heterocycles. The van der Waals surface area contributed by atoms with E-state index in [2.05, 4.69) is 86.2 Å². The van der Waals surface area contributed by atoms with Crippen molar-refractivity contribution in [3.8, 4) is 33.6 Å². The van der Waals surface area contributed by atoms with Gasteiger partial charge in [-0.25, -0.2) is 14.8 Å². The highest BCUT2D eigenvalue weighted by molar-refractivity contribution is 5.91. The number of carbonyl (C=O) groups excluding carboxylic acids is 1. The van der Waals surface area contributed by atoms with Crippen LogP contribution in [0.4, 0.5) is 4.79 Å². The minimum Gasteiger partial charge on any atom is -0.465 e. The number of hydrogen-bond acceptors (Lipinski definition) is 5. The fourth-order valence-electron chi connectivity index (χ4n) is 8.10. The van der Waals surface area contributed by atoms with Gasteiger partial charge in [-0.3, -0.25) is 4.79 Å². The quantitative estimate of drug-likeness (QED) is 0.128. The number of piperidine rings is 2. The molecule has 4 aliphatic rings. The molecule has 2 aliphatic carbocycles. The van der Waals surface area contributed by atoms with Gasteiger partial charge < -0.3 is 30.6 Å². The molecule has 7 atom stereocenters. The van der Waals surface area contributed by atoms with Crippen molar-refractivity contribution >= 4 is 22.8 Å². The van der Waals surface area contributed by atoms with Gasteiger partial charge in [0.25, 0.3) is 0 Å². The summed E-state index contributed by atoms with van der Waals surface area (Å²) < 4.78 is 0. The monoisotopic (exact) mass is 641 g/mol. The number of benzene rings is 3. The van der Waals surface area contributed by atoms with Gasteiger partial charge in [-0.2, -0.15) is 0 Å². The fourth-order valence-corrected chi connectivity index (χ4v) is 8.10. The minimum atomic E-state index is -1.18. The average Bonchev–Trinajstić information content (AvgIpc) is 3.65. The lowest BCUT2D eigenvalue weighted by Crippen LogP contribution is -2.51. The van der Waals surface area contributed by atoms with Crippen LogP contribution in [-0.4, -0.2) is 60.1 Å². The van der Waals surface area contributed by atoms with Crippen LogP contribution in [0, 0.1) is 17.8 Å². The lowest BCUT2D eigenvalue weighted by molar-refractivity contribution is -0.136. The Bertz CT molecular complexity index is 2040. The molecule has 2 aromatic heterocycles. The van der Waals surface area contributed by atoms with Gasteiger partial charge in [-0.05, 0) is 83.0 Å². The molecule has 4 heterocycles. The van der Waals surface area contributed by atoms with E-state index in [9.17, 15) is 14.7 Å². The first-order valence-electron chi connectivity index (χ1n) is 17.1. The van der Waals surface area contributed by atoms with Crippen molar-refractivity contribution in [3.05, 3.63) is 84.7 Å². The largest absolute Gasteiger partial charge is 0.465 e. The summed E-state index contributed by atoms with van der Waals surface area (Å²) in [5, 5.41) is 17.7. The van der Waals surface area contributed by atoms with Crippen molar-refractivity contribution in [3.63, 3.8) is 0 Å². The van der Waals surface area contributed by atoms with E-state index in [1.807, 2.05) is 31.1 Å². The highest BCUT2D eigenvalue weighted by Gasteiger charge is 2.56. The summed E-state index contributed by atoms with van der Waals surface area (Å²) in [6, 6.07) is 21.8. The molecule has 2 saturated carbocycles. The maximum atomic E-state index is 13.6. The van der Waals surface area contributed by atoms with E-state index in [0.29, 0.717) is 18.0 Å². The number of carboxylic acid groups (broad SMARTS) is 1. The molecule has 48 heavy (non-hydrogen) atoms. The zero-order chi connectivity index (χ0) is 32.7.